The maximum Gasteiger partial charge on any atom is 0.278 e. The molecule has 1 fully saturated rings. The van der Waals surface area contributed by atoms with Gasteiger partial charge in [-0.05, 0) is 33.1 Å². The Morgan fingerprint density at radius 2 is 1.84 bits per heavy atom. The van der Waals surface area contributed by atoms with Crippen molar-refractivity contribution in [3.8, 4) is 0 Å². The molecular formula is C17H20N4O4. The average molecular weight is 344 g/mol. The summed E-state index contributed by atoms with van der Waals surface area (Å²) in [6.07, 6.45) is 3.52. The number of rotatable bonds is 5. The Morgan fingerprint density at radius 1 is 1.16 bits per heavy atom. The van der Waals surface area contributed by atoms with Gasteiger partial charge in [-0.25, -0.2) is 9.97 Å². The predicted molar refractivity (Wildman–Crippen MR) is 88.9 cm³/mol. The molecule has 8 heteroatoms. The first-order valence-electron chi connectivity index (χ1n) is 8.21. The number of carbonyl (C=O) groups is 3. The highest BCUT2D eigenvalue weighted by molar-refractivity contribution is 5.89. The van der Waals surface area contributed by atoms with Crippen LogP contribution in [0, 0.1) is 17.8 Å². The summed E-state index contributed by atoms with van der Waals surface area (Å²) in [5.41, 5.74) is 0.217. The van der Waals surface area contributed by atoms with Gasteiger partial charge in [0.05, 0.1) is 12.7 Å². The van der Waals surface area contributed by atoms with Crippen LogP contribution in [0.5, 0.6) is 0 Å². The van der Waals surface area contributed by atoms with Gasteiger partial charge in [0.25, 0.3) is 5.56 Å². The second-order valence-electron chi connectivity index (χ2n) is 6.80. The van der Waals surface area contributed by atoms with Crippen molar-refractivity contribution < 1.29 is 14.4 Å². The number of nitrogens with zero attached hydrogens (tertiary/aromatic N) is 3. The number of aromatic nitrogens is 4. The van der Waals surface area contributed by atoms with E-state index in [0.717, 1.165) is 0 Å². The lowest BCUT2D eigenvalue weighted by molar-refractivity contribution is -0.131. The number of fused-ring (bicyclic) bond motifs is 1. The Kier molecular flexibility index (Phi) is 4.36. The number of carbonyl (C=O) groups excluding carboxylic acids is 3. The third-order valence-corrected chi connectivity index (χ3v) is 5.06. The van der Waals surface area contributed by atoms with Gasteiger partial charge < -0.3 is 14.3 Å². The van der Waals surface area contributed by atoms with Crippen LogP contribution in [0.3, 0.4) is 0 Å². The molecule has 0 unspecified atom stereocenters. The molecule has 2 aromatic rings. The Hall–Kier alpha value is -2.64. The lowest BCUT2D eigenvalue weighted by Crippen LogP contribution is -2.31. The van der Waals surface area contributed by atoms with Crippen LogP contribution in [-0.2, 0) is 14.4 Å². The van der Waals surface area contributed by atoms with Gasteiger partial charge >= 0.3 is 0 Å². The van der Waals surface area contributed by atoms with E-state index in [2.05, 4.69) is 15.0 Å². The van der Waals surface area contributed by atoms with Crippen molar-refractivity contribution in [3.63, 3.8) is 0 Å². The van der Waals surface area contributed by atoms with Crippen molar-refractivity contribution in [2.45, 2.75) is 39.7 Å². The zero-order chi connectivity index (χ0) is 18.3. The standard InChI is InChI=1S/C17H20N4O4/c1-8(22)4-11-5-12(14(10(3)24)13(11)9(2)23)21-7-20-15-16(21)18-6-19-17(15)25/h6-7,11-14H,4-5H2,1-3H3,(H,18,19,25)/t11-,12+,13+,14+/m1/s1. The van der Waals surface area contributed by atoms with Gasteiger partial charge in [-0.2, -0.15) is 0 Å². The van der Waals surface area contributed by atoms with Gasteiger partial charge in [0.15, 0.2) is 11.2 Å². The van der Waals surface area contributed by atoms with E-state index in [1.807, 2.05) is 0 Å². The first kappa shape index (κ1) is 17.2. The minimum atomic E-state index is -0.555. The highest BCUT2D eigenvalue weighted by atomic mass is 16.1. The zero-order valence-electron chi connectivity index (χ0n) is 14.4. The predicted octanol–water partition coefficient (Wildman–Crippen LogP) is 1.07. The normalized spacial score (nSPS) is 26.0. The monoisotopic (exact) mass is 344 g/mol. The van der Waals surface area contributed by atoms with Gasteiger partial charge in [0.1, 0.15) is 17.3 Å². The second kappa shape index (κ2) is 6.34. The molecular weight excluding hydrogens is 324 g/mol. The van der Waals surface area contributed by atoms with Crippen LogP contribution >= 0.6 is 0 Å². The van der Waals surface area contributed by atoms with Crippen LogP contribution in [0.15, 0.2) is 17.4 Å². The average Bonchev–Trinajstić information content (AvgIpc) is 3.08. The molecule has 0 aromatic carbocycles. The van der Waals surface area contributed by atoms with E-state index in [1.165, 1.54) is 33.4 Å². The van der Waals surface area contributed by atoms with Crippen molar-refractivity contribution in [3.05, 3.63) is 23.0 Å². The van der Waals surface area contributed by atoms with Crippen LogP contribution in [0.1, 0.15) is 39.7 Å². The highest BCUT2D eigenvalue weighted by Crippen LogP contribution is 2.47. The fourth-order valence-corrected chi connectivity index (χ4v) is 4.22. The van der Waals surface area contributed by atoms with E-state index in [4.69, 9.17) is 0 Å². The van der Waals surface area contributed by atoms with Crippen molar-refractivity contribution in [2.75, 3.05) is 0 Å². The quantitative estimate of drug-likeness (QED) is 0.867. The van der Waals surface area contributed by atoms with Crippen LogP contribution in [0.25, 0.3) is 11.2 Å². The third-order valence-electron chi connectivity index (χ3n) is 5.06. The minimum absolute atomic E-state index is 0.00994. The number of aromatic amines is 1. The molecule has 1 saturated carbocycles. The minimum Gasteiger partial charge on any atom is -0.311 e. The van der Waals surface area contributed by atoms with Gasteiger partial charge in [-0.15, -0.1) is 0 Å². The number of H-pyrrole nitrogens is 1. The van der Waals surface area contributed by atoms with E-state index in [0.29, 0.717) is 12.1 Å². The van der Waals surface area contributed by atoms with Gasteiger partial charge in [0.2, 0.25) is 0 Å². The summed E-state index contributed by atoms with van der Waals surface area (Å²) in [6.45, 7) is 4.41. The second-order valence-corrected chi connectivity index (χ2v) is 6.80. The van der Waals surface area contributed by atoms with E-state index >= 15 is 0 Å². The topological polar surface area (TPSA) is 115 Å². The lowest BCUT2D eigenvalue weighted by atomic mass is 9.81. The summed E-state index contributed by atoms with van der Waals surface area (Å²) >= 11 is 0. The van der Waals surface area contributed by atoms with Crippen LogP contribution in [0.4, 0.5) is 0 Å². The maximum atomic E-state index is 12.3. The number of ketones is 3. The van der Waals surface area contributed by atoms with E-state index in [-0.39, 0.29) is 46.8 Å². The smallest absolute Gasteiger partial charge is 0.278 e. The third kappa shape index (κ3) is 2.92. The first-order chi connectivity index (χ1) is 11.8. The molecule has 8 nitrogen and oxygen atoms in total. The van der Waals surface area contributed by atoms with Crippen LogP contribution in [0.2, 0.25) is 0 Å². The van der Waals surface area contributed by atoms with Crippen LogP contribution < -0.4 is 5.56 Å². The summed E-state index contributed by atoms with van der Waals surface area (Å²) in [5.74, 6) is -1.48. The molecule has 1 N–H and O–H groups in total. The van der Waals surface area contributed by atoms with Crippen LogP contribution in [-0.4, -0.2) is 36.9 Å². The molecule has 4 atom stereocenters. The number of hydrogen-bond acceptors (Lipinski definition) is 6. The Balaban J connectivity index is 2.11. The summed E-state index contributed by atoms with van der Waals surface area (Å²) in [4.78, 5) is 58.8. The molecule has 132 valence electrons. The fourth-order valence-electron chi connectivity index (χ4n) is 4.22. The molecule has 0 saturated heterocycles. The Morgan fingerprint density at radius 3 is 2.44 bits per heavy atom. The summed E-state index contributed by atoms with van der Waals surface area (Å²) in [6, 6.07) is -0.352. The number of hydrogen-bond donors (Lipinski definition) is 1. The maximum absolute atomic E-state index is 12.3. The molecule has 1 aliphatic rings. The first-order valence-corrected chi connectivity index (χ1v) is 8.21. The van der Waals surface area contributed by atoms with Crippen molar-refractivity contribution in [1.82, 2.24) is 19.5 Å². The highest BCUT2D eigenvalue weighted by Gasteiger charge is 2.49. The lowest BCUT2D eigenvalue weighted by Gasteiger charge is -2.23. The van der Waals surface area contributed by atoms with E-state index in [1.54, 1.807) is 4.57 Å². The Bertz CT molecular complexity index is 913. The van der Waals surface area contributed by atoms with Gasteiger partial charge in [-0.1, -0.05) is 0 Å². The SMILES string of the molecule is CC(=O)C[C@@H]1C[C@H](n2cnc3c(=O)[nH]cnc32)[C@H](C(C)=O)[C@H]1C(C)=O. The zero-order valence-corrected chi connectivity index (χ0v) is 14.4. The number of nitrogens with one attached hydrogen (secondary N) is 1. The van der Waals surface area contributed by atoms with Crippen molar-refractivity contribution in [1.29, 1.82) is 0 Å². The number of imidazole rings is 1. The molecule has 3 rings (SSSR count). The molecule has 2 aromatic heterocycles. The molecule has 1 aliphatic carbocycles. The number of Topliss-reactive ketones (excluding diaryl/α,β-unsaturated/α-hetero) is 3. The summed E-state index contributed by atoms with van der Waals surface area (Å²) in [7, 11) is 0. The fraction of sp³-hybridized carbons (Fsp3) is 0.529. The molecule has 2 heterocycles. The van der Waals surface area contributed by atoms with Crippen molar-refractivity contribution in [2.24, 2.45) is 17.8 Å². The molecule has 25 heavy (non-hydrogen) atoms. The van der Waals surface area contributed by atoms with Gasteiger partial charge in [0, 0.05) is 24.3 Å². The summed E-state index contributed by atoms with van der Waals surface area (Å²) < 4.78 is 1.70. The molecule has 0 aliphatic heterocycles. The Labute approximate surface area is 143 Å². The van der Waals surface area contributed by atoms with E-state index in [9.17, 15) is 19.2 Å². The molecule has 0 radical (unpaired) electrons. The molecule has 0 spiro atoms. The largest absolute Gasteiger partial charge is 0.311 e. The van der Waals surface area contributed by atoms with Crippen molar-refractivity contribution >= 4 is 28.5 Å². The summed E-state index contributed by atoms with van der Waals surface area (Å²) in [5, 5.41) is 0. The molecule has 0 bridgehead atoms. The van der Waals surface area contributed by atoms with E-state index < -0.39 is 11.8 Å². The van der Waals surface area contributed by atoms with Gasteiger partial charge in [-0.3, -0.25) is 14.4 Å². The molecule has 0 amide bonds.